The van der Waals surface area contributed by atoms with Gasteiger partial charge in [0.25, 0.3) is 0 Å². The Kier molecular flexibility index (Phi) is 4.73. The van der Waals surface area contributed by atoms with Gasteiger partial charge in [-0.05, 0) is 47.9 Å². The minimum atomic E-state index is 0.523. The van der Waals surface area contributed by atoms with Crippen LogP contribution >= 0.6 is 0 Å². The zero-order chi connectivity index (χ0) is 17.8. The van der Waals surface area contributed by atoms with E-state index in [1.54, 1.807) is 6.07 Å². The minimum absolute atomic E-state index is 0.523. The number of nitrogens with one attached hydrogen (secondary N) is 1. The van der Waals surface area contributed by atoms with Crippen LogP contribution in [0.5, 0.6) is 11.5 Å². The first-order chi connectivity index (χ1) is 12.1. The topological polar surface area (TPSA) is 80.3 Å². The number of benzene rings is 2. The monoisotopic (exact) mass is 333 g/mol. The number of rotatable bonds is 4. The molecule has 1 heterocycles. The van der Waals surface area contributed by atoms with E-state index in [9.17, 15) is 0 Å². The van der Waals surface area contributed by atoms with E-state index in [4.69, 9.17) is 20.6 Å². The summed E-state index contributed by atoms with van der Waals surface area (Å²) in [5.41, 5.74) is 7.45. The van der Waals surface area contributed by atoms with Crippen molar-refractivity contribution in [2.75, 3.05) is 13.2 Å². The van der Waals surface area contributed by atoms with E-state index in [1.165, 1.54) is 0 Å². The molecule has 0 bridgehead atoms. The van der Waals surface area contributed by atoms with Crippen LogP contribution in [-0.2, 0) is 0 Å². The van der Waals surface area contributed by atoms with Gasteiger partial charge in [-0.25, -0.2) is 0 Å². The number of hydrazine groups is 1. The van der Waals surface area contributed by atoms with Crippen molar-refractivity contribution in [2.45, 2.75) is 6.92 Å². The average molecular weight is 333 g/mol. The van der Waals surface area contributed by atoms with Gasteiger partial charge in [-0.2, -0.15) is 5.26 Å². The maximum Gasteiger partial charge on any atom is 0.161 e. The Morgan fingerprint density at radius 1 is 1.12 bits per heavy atom. The number of nitrogens with zero attached hydrogens (tertiary/aromatic N) is 1. The van der Waals surface area contributed by atoms with Crippen LogP contribution in [0.2, 0.25) is 0 Å². The summed E-state index contributed by atoms with van der Waals surface area (Å²) in [4.78, 5) is 0. The predicted molar refractivity (Wildman–Crippen MR) is 97.5 cm³/mol. The van der Waals surface area contributed by atoms with Gasteiger partial charge in [-0.15, -0.1) is 0 Å². The molecule has 0 aliphatic carbocycles. The molecule has 1 aliphatic rings. The van der Waals surface area contributed by atoms with Crippen LogP contribution in [0.4, 0.5) is 0 Å². The molecule has 0 atom stereocenters. The van der Waals surface area contributed by atoms with Gasteiger partial charge >= 0.3 is 0 Å². The summed E-state index contributed by atoms with van der Waals surface area (Å²) < 4.78 is 11.3. The molecule has 2 aromatic carbocycles. The molecule has 0 fully saturated rings. The number of fused-ring (bicyclic) bond motifs is 1. The Balaban J connectivity index is 2.07. The third-order valence-electron chi connectivity index (χ3n) is 4.06. The fourth-order valence-electron chi connectivity index (χ4n) is 2.81. The molecule has 3 N–H and O–H groups in total. The van der Waals surface area contributed by atoms with E-state index in [-0.39, 0.29) is 0 Å². The van der Waals surface area contributed by atoms with Crippen molar-refractivity contribution in [3.8, 4) is 17.6 Å². The fraction of sp³-hybridized carbons (Fsp3) is 0.150. The van der Waals surface area contributed by atoms with Crippen molar-refractivity contribution >= 4 is 11.1 Å². The van der Waals surface area contributed by atoms with E-state index < -0.39 is 0 Å². The molecule has 1 aliphatic heterocycles. The Morgan fingerprint density at radius 3 is 2.60 bits per heavy atom. The first kappa shape index (κ1) is 16.6. The first-order valence-electron chi connectivity index (χ1n) is 7.91. The number of allylic oxidation sites excluding steroid dienone is 3. The molecule has 0 unspecified atom stereocenters. The van der Waals surface area contributed by atoms with Crippen molar-refractivity contribution in [1.82, 2.24) is 5.43 Å². The molecule has 5 heteroatoms. The average Bonchev–Trinajstić information content (AvgIpc) is 2.67. The number of nitrogens with two attached hydrogens (primary N) is 1. The van der Waals surface area contributed by atoms with Gasteiger partial charge in [-0.1, -0.05) is 24.8 Å². The highest BCUT2D eigenvalue weighted by Gasteiger charge is 2.17. The van der Waals surface area contributed by atoms with Crippen LogP contribution in [0, 0.1) is 11.3 Å². The maximum atomic E-state index is 9.13. The number of nitriles is 1. The highest BCUT2D eigenvalue weighted by atomic mass is 16.6. The van der Waals surface area contributed by atoms with Crippen molar-refractivity contribution in [3.05, 3.63) is 71.4 Å². The predicted octanol–water partition coefficient (Wildman–Crippen LogP) is 3.24. The fourth-order valence-corrected chi connectivity index (χ4v) is 2.81. The number of hydrogen-bond acceptors (Lipinski definition) is 5. The first-order valence-corrected chi connectivity index (χ1v) is 7.91. The smallest absolute Gasteiger partial charge is 0.161 e. The van der Waals surface area contributed by atoms with Crippen LogP contribution in [-0.4, -0.2) is 13.2 Å². The summed E-state index contributed by atoms with van der Waals surface area (Å²) in [5.74, 6) is 7.09. The second-order valence-electron chi connectivity index (χ2n) is 5.67. The summed E-state index contributed by atoms with van der Waals surface area (Å²) >= 11 is 0. The zero-order valence-corrected chi connectivity index (χ0v) is 14.0. The van der Waals surface area contributed by atoms with Gasteiger partial charge in [0, 0.05) is 11.3 Å². The van der Waals surface area contributed by atoms with E-state index in [0.717, 1.165) is 33.7 Å². The molecule has 0 aromatic heterocycles. The molecule has 5 nitrogen and oxygen atoms in total. The lowest BCUT2D eigenvalue weighted by atomic mass is 9.91. The highest BCUT2D eigenvalue weighted by Crippen LogP contribution is 2.38. The van der Waals surface area contributed by atoms with Gasteiger partial charge in [0.1, 0.15) is 13.2 Å². The van der Waals surface area contributed by atoms with Gasteiger partial charge in [-0.3, -0.25) is 5.84 Å². The standard InChI is InChI=1S/C20H19N3O2/c1-13(16-5-3-4-15(10-16)12-21)20(14(2)23-22)17-6-7-18-19(11-17)25-9-8-24-18/h3-7,10-11,23H,1,8-9,22H2,2H3/b20-14+. The van der Waals surface area contributed by atoms with Crippen LogP contribution in [0.3, 0.4) is 0 Å². The third-order valence-corrected chi connectivity index (χ3v) is 4.06. The zero-order valence-electron chi connectivity index (χ0n) is 14.0. The third kappa shape index (κ3) is 3.35. The van der Waals surface area contributed by atoms with E-state index in [0.29, 0.717) is 24.5 Å². The Hall–Kier alpha value is -3.23. The lowest BCUT2D eigenvalue weighted by Gasteiger charge is -2.21. The normalized spacial score (nSPS) is 13.5. The molecule has 0 saturated heterocycles. The molecule has 126 valence electrons. The van der Waals surface area contributed by atoms with Crippen molar-refractivity contribution in [1.29, 1.82) is 5.26 Å². The van der Waals surface area contributed by atoms with E-state index >= 15 is 0 Å². The van der Waals surface area contributed by atoms with Crippen LogP contribution in [0.1, 0.15) is 23.6 Å². The highest BCUT2D eigenvalue weighted by molar-refractivity contribution is 6.05. The molecule has 0 spiro atoms. The van der Waals surface area contributed by atoms with E-state index in [2.05, 4.69) is 18.1 Å². The molecular formula is C20H19N3O2. The maximum absolute atomic E-state index is 9.13. The van der Waals surface area contributed by atoms with Crippen molar-refractivity contribution in [2.24, 2.45) is 5.84 Å². The van der Waals surface area contributed by atoms with Gasteiger partial charge in [0.2, 0.25) is 0 Å². The summed E-state index contributed by atoms with van der Waals surface area (Å²) in [6, 6.07) is 15.2. The molecular weight excluding hydrogens is 314 g/mol. The Labute approximate surface area is 147 Å². The molecule has 2 aromatic rings. The second kappa shape index (κ2) is 7.12. The SMILES string of the molecule is C=C(/C(=C(/C)NN)c1ccc2c(c1)OCCO2)c1cccc(C#N)c1. The largest absolute Gasteiger partial charge is 0.486 e. The Morgan fingerprint density at radius 2 is 1.88 bits per heavy atom. The summed E-state index contributed by atoms with van der Waals surface area (Å²) in [6.45, 7) is 7.17. The molecule has 25 heavy (non-hydrogen) atoms. The van der Waals surface area contributed by atoms with Crippen molar-refractivity contribution in [3.63, 3.8) is 0 Å². The van der Waals surface area contributed by atoms with Crippen molar-refractivity contribution < 1.29 is 9.47 Å². The summed E-state index contributed by atoms with van der Waals surface area (Å²) in [7, 11) is 0. The quantitative estimate of drug-likeness (QED) is 0.510. The minimum Gasteiger partial charge on any atom is -0.486 e. The summed E-state index contributed by atoms with van der Waals surface area (Å²) in [6.07, 6.45) is 0. The molecule has 0 amide bonds. The van der Waals surface area contributed by atoms with Crippen LogP contribution in [0.25, 0.3) is 11.1 Å². The van der Waals surface area contributed by atoms with Crippen LogP contribution in [0.15, 0.2) is 54.7 Å². The molecule has 0 saturated carbocycles. The van der Waals surface area contributed by atoms with E-state index in [1.807, 2.05) is 43.3 Å². The lowest BCUT2D eigenvalue weighted by molar-refractivity contribution is 0.171. The van der Waals surface area contributed by atoms with Gasteiger partial charge in [0.15, 0.2) is 11.5 Å². The molecule has 3 rings (SSSR count). The van der Waals surface area contributed by atoms with Gasteiger partial charge in [0.05, 0.1) is 11.6 Å². The molecule has 0 radical (unpaired) electrons. The Bertz CT molecular complexity index is 894. The van der Waals surface area contributed by atoms with Gasteiger partial charge < -0.3 is 14.9 Å². The van der Waals surface area contributed by atoms with Crippen LogP contribution < -0.4 is 20.7 Å². The lowest BCUT2D eigenvalue weighted by Crippen LogP contribution is -2.21. The summed E-state index contributed by atoms with van der Waals surface area (Å²) in [5, 5.41) is 9.13. The number of hydrogen-bond donors (Lipinski definition) is 2. The second-order valence-corrected chi connectivity index (χ2v) is 5.67. The number of ether oxygens (including phenoxy) is 2.